The van der Waals surface area contributed by atoms with E-state index in [1.165, 1.54) is 30.0 Å². The van der Waals surface area contributed by atoms with Crippen LogP contribution in [0.1, 0.15) is 25.3 Å². The number of phenols is 2. The van der Waals surface area contributed by atoms with Gasteiger partial charge in [0.05, 0.1) is 0 Å². The van der Waals surface area contributed by atoms with Gasteiger partial charge in [-0.2, -0.15) is 0 Å². The van der Waals surface area contributed by atoms with Crippen molar-refractivity contribution in [2.75, 3.05) is 39.8 Å². The Balaban J connectivity index is 1.55. The third-order valence-electron chi connectivity index (χ3n) is 6.14. The summed E-state index contributed by atoms with van der Waals surface area (Å²) in [6.45, 7) is 4.87. The summed E-state index contributed by atoms with van der Waals surface area (Å²) in [6, 6.07) is 2.60. The highest BCUT2D eigenvalue weighted by Gasteiger charge is 2.39. The van der Waals surface area contributed by atoms with Gasteiger partial charge in [-0.05, 0) is 44.5 Å². The molecule has 2 saturated heterocycles. The first-order valence-corrected chi connectivity index (χ1v) is 10.9. The Morgan fingerprint density at radius 2 is 1.78 bits per heavy atom. The predicted molar refractivity (Wildman–Crippen MR) is 116 cm³/mol. The van der Waals surface area contributed by atoms with Crippen LogP contribution in [0.25, 0.3) is 0 Å². The van der Waals surface area contributed by atoms with E-state index in [-0.39, 0.29) is 29.7 Å². The van der Waals surface area contributed by atoms with Gasteiger partial charge in [-0.1, -0.05) is 6.07 Å². The number of hydrogen-bond donors (Lipinski definition) is 4. The first-order valence-electron chi connectivity index (χ1n) is 10.9. The molecule has 1 aromatic carbocycles. The van der Waals surface area contributed by atoms with Crippen molar-refractivity contribution in [2.24, 2.45) is 0 Å². The van der Waals surface area contributed by atoms with Crippen LogP contribution in [0.3, 0.4) is 0 Å². The number of amides is 3. The Hall–Kier alpha value is -2.85. The van der Waals surface area contributed by atoms with Crippen molar-refractivity contribution in [1.82, 2.24) is 20.0 Å². The summed E-state index contributed by atoms with van der Waals surface area (Å²) < 4.78 is 0. The highest BCUT2D eigenvalue weighted by Crippen LogP contribution is 2.25. The summed E-state index contributed by atoms with van der Waals surface area (Å²) >= 11 is 0. The smallest absolute Gasteiger partial charge is 0.249 e. The highest BCUT2D eigenvalue weighted by molar-refractivity contribution is 5.93. The van der Waals surface area contributed by atoms with Gasteiger partial charge in [0, 0.05) is 39.1 Å². The third-order valence-corrected chi connectivity index (χ3v) is 6.14. The van der Waals surface area contributed by atoms with Crippen LogP contribution in [0.2, 0.25) is 0 Å². The number of aliphatic hydroxyl groups excluding tert-OH is 1. The Labute approximate surface area is 187 Å². The molecule has 0 saturated carbocycles. The number of nitrogens with one attached hydrogen (secondary N) is 1. The maximum Gasteiger partial charge on any atom is 0.249 e. The molecular formula is C22H32N4O6. The number of benzene rings is 1. The van der Waals surface area contributed by atoms with Crippen LogP contribution in [-0.4, -0.2) is 106 Å². The normalized spacial score (nSPS) is 21.3. The monoisotopic (exact) mass is 448 g/mol. The van der Waals surface area contributed by atoms with E-state index in [0.29, 0.717) is 31.6 Å². The van der Waals surface area contributed by atoms with Crippen LogP contribution in [-0.2, 0) is 20.8 Å². The largest absolute Gasteiger partial charge is 0.504 e. The van der Waals surface area contributed by atoms with Crippen molar-refractivity contribution in [3.05, 3.63) is 23.8 Å². The van der Waals surface area contributed by atoms with E-state index in [4.69, 9.17) is 0 Å². The molecule has 10 nitrogen and oxygen atoms in total. The fourth-order valence-corrected chi connectivity index (χ4v) is 4.16. The van der Waals surface area contributed by atoms with E-state index in [1.54, 1.807) is 4.90 Å². The van der Waals surface area contributed by atoms with Crippen molar-refractivity contribution < 1.29 is 29.7 Å². The second-order valence-electron chi connectivity index (χ2n) is 8.59. The molecule has 0 aliphatic carbocycles. The van der Waals surface area contributed by atoms with E-state index in [0.717, 1.165) is 19.5 Å². The van der Waals surface area contributed by atoms with Gasteiger partial charge in [-0.3, -0.25) is 14.4 Å². The molecule has 3 atom stereocenters. The Morgan fingerprint density at radius 1 is 1.09 bits per heavy atom. The number of hydrogen-bond acceptors (Lipinski definition) is 7. The maximum absolute atomic E-state index is 13.0. The summed E-state index contributed by atoms with van der Waals surface area (Å²) in [7, 11) is 2.01. The number of likely N-dealkylation sites (tertiary alicyclic amines) is 1. The number of carbonyl (C=O) groups excluding carboxylic acids is 3. The number of phenolic OH excluding ortho intramolecular Hbond substituents is 2. The standard InChI is InChI=1S/C22H32N4O6/c1-14(23-20(30)19(29)13-15-5-6-17(27)18(28)12-15)21(31)26-7-3-4-16(26)22(32)25-10-8-24(2)9-11-25/h5-6,12,14,16,19,27-29H,3-4,7-11,13H2,1-2H3,(H,23,30). The number of aromatic hydroxyl groups is 2. The quantitative estimate of drug-likeness (QED) is 0.422. The first kappa shape index (κ1) is 23.8. The van der Waals surface area contributed by atoms with E-state index >= 15 is 0 Å². The van der Waals surface area contributed by atoms with Crippen LogP contribution in [0.5, 0.6) is 11.5 Å². The first-order chi connectivity index (χ1) is 15.2. The second kappa shape index (κ2) is 10.2. The van der Waals surface area contributed by atoms with Gasteiger partial charge in [0.15, 0.2) is 11.5 Å². The lowest BCUT2D eigenvalue weighted by Gasteiger charge is -2.36. The van der Waals surface area contributed by atoms with E-state index in [2.05, 4.69) is 10.2 Å². The van der Waals surface area contributed by atoms with E-state index in [9.17, 15) is 29.7 Å². The van der Waals surface area contributed by atoms with Crippen molar-refractivity contribution in [3.63, 3.8) is 0 Å². The molecule has 0 spiro atoms. The molecule has 3 amide bonds. The number of piperazine rings is 1. The summed E-state index contributed by atoms with van der Waals surface area (Å²) in [4.78, 5) is 43.9. The number of likely N-dealkylation sites (N-methyl/N-ethyl adjacent to an activating group) is 1. The van der Waals surface area contributed by atoms with Crippen LogP contribution >= 0.6 is 0 Å². The molecule has 3 unspecified atom stereocenters. The minimum atomic E-state index is -1.43. The van der Waals surface area contributed by atoms with Crippen molar-refractivity contribution >= 4 is 17.7 Å². The molecule has 10 heteroatoms. The van der Waals surface area contributed by atoms with E-state index in [1.807, 2.05) is 7.05 Å². The second-order valence-corrected chi connectivity index (χ2v) is 8.59. The molecule has 1 aromatic rings. The van der Waals surface area contributed by atoms with Gasteiger partial charge >= 0.3 is 0 Å². The number of nitrogens with zero attached hydrogens (tertiary/aromatic N) is 3. The lowest BCUT2D eigenvalue weighted by molar-refractivity contribution is -0.146. The molecule has 0 radical (unpaired) electrons. The number of aliphatic hydroxyl groups is 1. The Kier molecular flexibility index (Phi) is 7.57. The van der Waals surface area contributed by atoms with Crippen molar-refractivity contribution in [1.29, 1.82) is 0 Å². The zero-order valence-electron chi connectivity index (χ0n) is 18.5. The zero-order valence-corrected chi connectivity index (χ0v) is 18.5. The topological polar surface area (TPSA) is 134 Å². The molecule has 0 bridgehead atoms. The Bertz CT molecular complexity index is 855. The minimum Gasteiger partial charge on any atom is -0.504 e. The van der Waals surface area contributed by atoms with Gasteiger partial charge < -0.3 is 35.3 Å². The fraction of sp³-hybridized carbons (Fsp3) is 0.591. The van der Waals surface area contributed by atoms with Gasteiger partial charge in [0.1, 0.15) is 18.2 Å². The molecule has 2 aliphatic rings. The van der Waals surface area contributed by atoms with E-state index < -0.39 is 24.1 Å². The molecule has 2 aliphatic heterocycles. The summed E-state index contributed by atoms with van der Waals surface area (Å²) in [6.07, 6.45) is -0.196. The zero-order chi connectivity index (χ0) is 23.4. The van der Waals surface area contributed by atoms with Crippen LogP contribution in [0.4, 0.5) is 0 Å². The molecule has 2 fully saturated rings. The van der Waals surface area contributed by atoms with Gasteiger partial charge in [-0.25, -0.2) is 0 Å². The molecule has 3 rings (SSSR count). The average molecular weight is 449 g/mol. The van der Waals surface area contributed by atoms with Crippen molar-refractivity contribution in [2.45, 2.75) is 44.4 Å². The summed E-state index contributed by atoms with van der Waals surface area (Å²) in [5, 5.41) is 31.7. The third kappa shape index (κ3) is 5.49. The predicted octanol–water partition coefficient (Wildman–Crippen LogP) is -0.729. The molecule has 32 heavy (non-hydrogen) atoms. The number of carbonyl (C=O) groups is 3. The van der Waals surface area contributed by atoms with Crippen LogP contribution < -0.4 is 5.32 Å². The van der Waals surface area contributed by atoms with Gasteiger partial charge in [0.2, 0.25) is 17.7 Å². The van der Waals surface area contributed by atoms with Gasteiger partial charge in [0.25, 0.3) is 0 Å². The van der Waals surface area contributed by atoms with Crippen LogP contribution in [0.15, 0.2) is 18.2 Å². The molecule has 4 N–H and O–H groups in total. The lowest BCUT2D eigenvalue weighted by Crippen LogP contribution is -2.56. The SMILES string of the molecule is CC(NC(=O)C(O)Cc1ccc(O)c(O)c1)C(=O)N1CCCC1C(=O)N1CCN(C)CC1. The Morgan fingerprint density at radius 3 is 2.44 bits per heavy atom. The minimum absolute atomic E-state index is 0.0466. The highest BCUT2D eigenvalue weighted by atomic mass is 16.3. The summed E-state index contributed by atoms with van der Waals surface area (Å²) in [5.41, 5.74) is 0.458. The lowest BCUT2D eigenvalue weighted by atomic mass is 10.1. The molecule has 2 heterocycles. The summed E-state index contributed by atoms with van der Waals surface area (Å²) in [5.74, 6) is -1.76. The van der Waals surface area contributed by atoms with Gasteiger partial charge in [-0.15, -0.1) is 0 Å². The molecule has 0 aromatic heterocycles. The molecular weight excluding hydrogens is 416 g/mol. The number of rotatable bonds is 6. The van der Waals surface area contributed by atoms with Crippen molar-refractivity contribution in [3.8, 4) is 11.5 Å². The maximum atomic E-state index is 13.0. The average Bonchev–Trinajstić information content (AvgIpc) is 3.25. The fourth-order valence-electron chi connectivity index (χ4n) is 4.16. The van der Waals surface area contributed by atoms with Crippen LogP contribution in [0, 0.1) is 0 Å². The molecule has 176 valence electrons.